The van der Waals surface area contributed by atoms with Gasteiger partial charge in [-0.25, -0.2) is 22.8 Å². The first kappa shape index (κ1) is 22.6. The third-order valence-corrected chi connectivity index (χ3v) is 7.08. The van der Waals surface area contributed by atoms with E-state index in [2.05, 4.69) is 25.7 Å². The van der Waals surface area contributed by atoms with Gasteiger partial charge in [0, 0.05) is 49.8 Å². The van der Waals surface area contributed by atoms with Crippen LogP contribution >= 0.6 is 0 Å². The Hall–Kier alpha value is -2.06. The molecule has 0 aliphatic carbocycles. The monoisotopic (exact) mass is 434 g/mol. The van der Waals surface area contributed by atoms with Crippen molar-refractivity contribution in [3.63, 3.8) is 0 Å². The Morgan fingerprint density at radius 3 is 2.23 bits per heavy atom. The van der Waals surface area contributed by atoms with E-state index < -0.39 is 10.0 Å². The van der Waals surface area contributed by atoms with Gasteiger partial charge in [0.25, 0.3) is 0 Å². The summed E-state index contributed by atoms with van der Waals surface area (Å²) in [6.07, 6.45) is 3.59. The summed E-state index contributed by atoms with van der Waals surface area (Å²) in [4.78, 5) is 12.0. The average molecular weight is 435 g/mol. The molecule has 2 aromatic rings. The fourth-order valence-corrected chi connectivity index (χ4v) is 4.54. The predicted octanol–water partition coefficient (Wildman–Crippen LogP) is 3.36. The molecule has 0 radical (unpaired) electrons. The van der Waals surface area contributed by atoms with Crippen molar-refractivity contribution in [2.45, 2.75) is 46.0 Å². The largest absolute Gasteiger partial charge is 0.354 e. The standard InChI is InChI=1S/C22H31FN4O2S/c1-5-16(3)21-24-20(6-2)19(15-17-7-9-18(23)10-8-17)22(25-21)26-11-13-27(14-12-26)30(4,28)29/h7-10,16H,5-6,11-15H2,1-4H3/t16-/m0/s1. The van der Waals surface area contributed by atoms with Gasteiger partial charge < -0.3 is 4.90 Å². The summed E-state index contributed by atoms with van der Waals surface area (Å²) in [6.45, 7) is 8.39. The van der Waals surface area contributed by atoms with Crippen LogP contribution in [0.15, 0.2) is 24.3 Å². The van der Waals surface area contributed by atoms with Gasteiger partial charge in [-0.05, 0) is 30.5 Å². The number of piperazine rings is 1. The van der Waals surface area contributed by atoms with Gasteiger partial charge in [0.15, 0.2) is 0 Å². The molecule has 0 bridgehead atoms. The fourth-order valence-electron chi connectivity index (χ4n) is 3.71. The summed E-state index contributed by atoms with van der Waals surface area (Å²) in [6, 6.07) is 6.53. The van der Waals surface area contributed by atoms with E-state index in [1.165, 1.54) is 22.7 Å². The van der Waals surface area contributed by atoms with Crippen molar-refractivity contribution in [2.24, 2.45) is 0 Å². The highest BCUT2D eigenvalue weighted by Gasteiger charge is 2.27. The predicted molar refractivity (Wildman–Crippen MR) is 118 cm³/mol. The second-order valence-corrected chi connectivity index (χ2v) is 9.93. The molecule has 1 atom stereocenters. The number of hydrogen-bond acceptors (Lipinski definition) is 5. The first-order valence-corrected chi connectivity index (χ1v) is 12.4. The minimum absolute atomic E-state index is 0.242. The van der Waals surface area contributed by atoms with Crippen molar-refractivity contribution >= 4 is 15.8 Å². The zero-order chi connectivity index (χ0) is 21.9. The molecular formula is C22H31FN4O2S. The van der Waals surface area contributed by atoms with Crippen LogP contribution in [0.5, 0.6) is 0 Å². The normalized spacial score (nSPS) is 16.6. The molecule has 1 aromatic carbocycles. The van der Waals surface area contributed by atoms with Crippen LogP contribution in [0.25, 0.3) is 0 Å². The highest BCUT2D eigenvalue weighted by Crippen LogP contribution is 2.29. The summed E-state index contributed by atoms with van der Waals surface area (Å²) in [5.74, 6) is 1.70. The first-order chi connectivity index (χ1) is 14.2. The molecule has 2 heterocycles. The highest BCUT2D eigenvalue weighted by atomic mass is 32.2. The molecule has 3 rings (SSSR count). The lowest BCUT2D eigenvalue weighted by molar-refractivity contribution is 0.386. The zero-order valence-corrected chi connectivity index (χ0v) is 19.0. The van der Waals surface area contributed by atoms with Crippen LogP contribution in [0.2, 0.25) is 0 Å². The van der Waals surface area contributed by atoms with Crippen LogP contribution in [0.4, 0.5) is 10.2 Å². The highest BCUT2D eigenvalue weighted by molar-refractivity contribution is 7.88. The number of benzene rings is 1. The number of anilines is 1. The van der Waals surface area contributed by atoms with Gasteiger partial charge in [-0.2, -0.15) is 4.31 Å². The number of nitrogens with zero attached hydrogens (tertiary/aromatic N) is 4. The Morgan fingerprint density at radius 1 is 1.07 bits per heavy atom. The van der Waals surface area contributed by atoms with Gasteiger partial charge >= 0.3 is 0 Å². The molecule has 1 aromatic heterocycles. The third-order valence-electron chi connectivity index (χ3n) is 5.78. The topological polar surface area (TPSA) is 66.4 Å². The molecule has 6 nitrogen and oxygen atoms in total. The number of sulfonamides is 1. The maximum atomic E-state index is 13.4. The van der Waals surface area contributed by atoms with Crippen LogP contribution < -0.4 is 4.90 Å². The molecule has 0 spiro atoms. The second kappa shape index (κ2) is 9.39. The van der Waals surface area contributed by atoms with Crippen molar-refractivity contribution in [1.29, 1.82) is 0 Å². The SMILES string of the molecule is CCc1nc([C@@H](C)CC)nc(N2CCN(S(C)(=O)=O)CC2)c1Cc1ccc(F)cc1. The summed E-state index contributed by atoms with van der Waals surface area (Å²) in [5.41, 5.74) is 3.05. The molecule has 0 saturated carbocycles. The van der Waals surface area contributed by atoms with Crippen LogP contribution in [0.1, 0.15) is 55.8 Å². The lowest BCUT2D eigenvalue weighted by Crippen LogP contribution is -2.49. The lowest BCUT2D eigenvalue weighted by atomic mass is 10.0. The summed E-state index contributed by atoms with van der Waals surface area (Å²) < 4.78 is 38.7. The van der Waals surface area contributed by atoms with Crippen molar-refractivity contribution < 1.29 is 12.8 Å². The van der Waals surface area contributed by atoms with E-state index >= 15 is 0 Å². The van der Waals surface area contributed by atoms with E-state index in [-0.39, 0.29) is 11.7 Å². The molecule has 1 saturated heterocycles. The number of aromatic nitrogens is 2. The van der Waals surface area contributed by atoms with Gasteiger partial charge in [-0.1, -0.05) is 32.9 Å². The quantitative estimate of drug-likeness (QED) is 0.669. The van der Waals surface area contributed by atoms with Crippen molar-refractivity contribution in [3.05, 3.63) is 52.7 Å². The Balaban J connectivity index is 2.00. The number of rotatable bonds is 7. The fraction of sp³-hybridized carbons (Fsp3) is 0.545. The Bertz CT molecular complexity index is 971. The van der Waals surface area contributed by atoms with E-state index in [0.29, 0.717) is 32.6 Å². The molecule has 0 unspecified atom stereocenters. The number of aryl methyl sites for hydroxylation is 1. The van der Waals surface area contributed by atoms with Gasteiger partial charge in [0.2, 0.25) is 10.0 Å². The van der Waals surface area contributed by atoms with Gasteiger partial charge in [0.05, 0.1) is 6.26 Å². The molecule has 1 fully saturated rings. The minimum Gasteiger partial charge on any atom is -0.354 e. The van der Waals surface area contributed by atoms with Crippen LogP contribution in [0, 0.1) is 5.82 Å². The van der Waals surface area contributed by atoms with Crippen LogP contribution in [-0.4, -0.2) is 55.1 Å². The minimum atomic E-state index is -3.19. The van der Waals surface area contributed by atoms with Gasteiger partial charge in [-0.15, -0.1) is 0 Å². The maximum absolute atomic E-state index is 13.4. The van der Waals surface area contributed by atoms with E-state index in [1.807, 2.05) is 0 Å². The molecule has 30 heavy (non-hydrogen) atoms. The maximum Gasteiger partial charge on any atom is 0.211 e. The van der Waals surface area contributed by atoms with Crippen molar-refractivity contribution in [2.75, 3.05) is 37.3 Å². The third kappa shape index (κ3) is 5.16. The smallest absolute Gasteiger partial charge is 0.211 e. The average Bonchev–Trinajstić information content (AvgIpc) is 2.74. The van der Waals surface area contributed by atoms with Crippen molar-refractivity contribution in [1.82, 2.24) is 14.3 Å². The molecule has 0 N–H and O–H groups in total. The van der Waals surface area contributed by atoms with E-state index in [4.69, 9.17) is 9.97 Å². The van der Waals surface area contributed by atoms with E-state index in [9.17, 15) is 12.8 Å². The lowest BCUT2D eigenvalue weighted by Gasteiger charge is -2.35. The number of hydrogen-bond donors (Lipinski definition) is 0. The number of halogens is 1. The second-order valence-electron chi connectivity index (χ2n) is 7.95. The Labute approximate surface area is 179 Å². The molecular weight excluding hydrogens is 403 g/mol. The van der Waals surface area contributed by atoms with E-state index in [1.54, 1.807) is 12.1 Å². The van der Waals surface area contributed by atoms with Gasteiger partial charge in [0.1, 0.15) is 17.5 Å². The van der Waals surface area contributed by atoms with Crippen LogP contribution in [-0.2, 0) is 22.9 Å². The first-order valence-electron chi connectivity index (χ1n) is 10.6. The molecule has 164 valence electrons. The summed E-state index contributed by atoms with van der Waals surface area (Å²) in [5, 5.41) is 0. The van der Waals surface area contributed by atoms with Gasteiger partial charge in [-0.3, -0.25) is 0 Å². The summed E-state index contributed by atoms with van der Waals surface area (Å²) >= 11 is 0. The van der Waals surface area contributed by atoms with Crippen molar-refractivity contribution in [3.8, 4) is 0 Å². The molecule has 8 heteroatoms. The van der Waals surface area contributed by atoms with E-state index in [0.717, 1.165) is 41.3 Å². The molecule has 1 aliphatic heterocycles. The zero-order valence-electron chi connectivity index (χ0n) is 18.2. The Morgan fingerprint density at radius 2 is 1.70 bits per heavy atom. The molecule has 0 amide bonds. The Kier molecular flexibility index (Phi) is 7.08. The van der Waals surface area contributed by atoms with Crippen LogP contribution in [0.3, 0.4) is 0 Å². The summed E-state index contributed by atoms with van der Waals surface area (Å²) in [7, 11) is -3.19. The molecule has 1 aliphatic rings.